The van der Waals surface area contributed by atoms with Crippen LogP contribution in [0, 0.1) is 0 Å². The van der Waals surface area contributed by atoms with Crippen molar-refractivity contribution in [1.82, 2.24) is 5.32 Å². The van der Waals surface area contributed by atoms with Crippen LogP contribution in [0.2, 0.25) is 0 Å². The van der Waals surface area contributed by atoms with Crippen LogP contribution in [-0.2, 0) is 14.8 Å². The van der Waals surface area contributed by atoms with Crippen molar-refractivity contribution >= 4 is 33.2 Å². The third kappa shape index (κ3) is 6.99. The second-order valence-corrected chi connectivity index (χ2v) is 8.21. The van der Waals surface area contributed by atoms with E-state index in [9.17, 15) is 26.8 Å². The third-order valence-electron chi connectivity index (χ3n) is 3.81. The van der Waals surface area contributed by atoms with Gasteiger partial charge in [0.1, 0.15) is 5.75 Å². The molecule has 0 spiro atoms. The largest absolute Gasteiger partial charge is 0.435 e. The van der Waals surface area contributed by atoms with E-state index in [-0.39, 0.29) is 22.9 Å². The number of amides is 2. The molecule has 0 bridgehead atoms. The molecule has 0 aliphatic rings. The Bertz CT molecular complexity index is 1040. The van der Waals surface area contributed by atoms with E-state index in [1.165, 1.54) is 43.3 Å². The number of rotatable bonds is 8. The van der Waals surface area contributed by atoms with Gasteiger partial charge in [-0.15, -0.1) is 0 Å². The van der Waals surface area contributed by atoms with Crippen molar-refractivity contribution in [2.45, 2.75) is 26.5 Å². The van der Waals surface area contributed by atoms with Gasteiger partial charge in [0.2, 0.25) is 15.9 Å². The summed E-state index contributed by atoms with van der Waals surface area (Å²) in [6, 6.07) is 9.34. The Labute approximate surface area is 172 Å². The number of nitrogens with one attached hydrogen (secondary N) is 3. The van der Waals surface area contributed by atoms with E-state index in [0.29, 0.717) is 11.3 Å². The predicted octanol–water partition coefficient (Wildman–Crippen LogP) is 3.11. The van der Waals surface area contributed by atoms with Crippen molar-refractivity contribution in [3.05, 3.63) is 53.6 Å². The van der Waals surface area contributed by atoms with Crippen molar-refractivity contribution < 1.29 is 31.5 Å². The summed E-state index contributed by atoms with van der Waals surface area (Å²) in [6.45, 7) is -0.0640. The number of halogens is 2. The Kier molecular flexibility index (Phi) is 7.33. The first kappa shape index (κ1) is 23.1. The minimum Gasteiger partial charge on any atom is -0.435 e. The fourth-order valence-corrected chi connectivity index (χ4v) is 3.20. The van der Waals surface area contributed by atoms with E-state index in [2.05, 4.69) is 20.1 Å². The highest BCUT2D eigenvalue weighted by Crippen LogP contribution is 2.24. The van der Waals surface area contributed by atoms with E-state index in [0.717, 1.165) is 6.26 Å². The lowest BCUT2D eigenvalue weighted by atomic mass is 10.1. The molecule has 1 unspecified atom stereocenters. The normalized spacial score (nSPS) is 12.2. The smallest absolute Gasteiger partial charge is 0.387 e. The second kappa shape index (κ2) is 9.53. The number of anilines is 2. The van der Waals surface area contributed by atoms with Crippen LogP contribution in [0.5, 0.6) is 5.75 Å². The SMILES string of the molecule is CC(=O)Nc1ccc(NS(C)(=O)=O)c(C(=O)NC(C)c2cccc(OC(F)F)c2)c1. The van der Waals surface area contributed by atoms with Crippen LogP contribution >= 0.6 is 0 Å². The molecule has 162 valence electrons. The lowest BCUT2D eigenvalue weighted by molar-refractivity contribution is -0.114. The lowest BCUT2D eigenvalue weighted by Gasteiger charge is -2.18. The van der Waals surface area contributed by atoms with Crippen molar-refractivity contribution in [1.29, 1.82) is 0 Å². The molecule has 2 aromatic rings. The highest BCUT2D eigenvalue weighted by Gasteiger charge is 2.18. The van der Waals surface area contributed by atoms with Gasteiger partial charge in [-0.25, -0.2) is 8.42 Å². The molecule has 0 aliphatic heterocycles. The molecule has 0 saturated heterocycles. The van der Waals surface area contributed by atoms with E-state index < -0.39 is 28.6 Å². The molecule has 1 atom stereocenters. The maximum absolute atomic E-state index is 12.8. The standard InChI is InChI=1S/C19H21F2N3O5S/c1-11(13-5-4-6-15(9-13)29-19(20)21)22-18(26)16-10-14(23-12(2)25)7-8-17(16)24-30(3,27)28/h4-11,19,24H,1-3H3,(H,22,26)(H,23,25). The van der Waals surface area contributed by atoms with Gasteiger partial charge in [0.25, 0.3) is 5.91 Å². The summed E-state index contributed by atoms with van der Waals surface area (Å²) in [6.07, 6.45) is 0.938. The first-order valence-corrected chi connectivity index (χ1v) is 10.6. The van der Waals surface area contributed by atoms with Gasteiger partial charge in [-0.05, 0) is 42.8 Å². The first-order valence-electron chi connectivity index (χ1n) is 8.69. The fraction of sp³-hybridized carbons (Fsp3) is 0.263. The summed E-state index contributed by atoms with van der Waals surface area (Å²) in [5.41, 5.74) is 0.786. The molecule has 0 radical (unpaired) electrons. The van der Waals surface area contributed by atoms with Gasteiger partial charge in [0.15, 0.2) is 0 Å². The molecule has 0 aromatic heterocycles. The van der Waals surface area contributed by atoms with Crippen molar-refractivity contribution in [3.63, 3.8) is 0 Å². The predicted molar refractivity (Wildman–Crippen MR) is 108 cm³/mol. The third-order valence-corrected chi connectivity index (χ3v) is 4.40. The van der Waals surface area contributed by atoms with Gasteiger partial charge in [0.05, 0.1) is 23.5 Å². The number of hydrogen-bond donors (Lipinski definition) is 3. The Morgan fingerprint density at radius 1 is 1.10 bits per heavy atom. The van der Waals surface area contributed by atoms with Gasteiger partial charge in [-0.2, -0.15) is 8.78 Å². The van der Waals surface area contributed by atoms with Gasteiger partial charge in [-0.3, -0.25) is 14.3 Å². The highest BCUT2D eigenvalue weighted by atomic mass is 32.2. The zero-order valence-corrected chi connectivity index (χ0v) is 17.2. The number of sulfonamides is 1. The van der Waals surface area contributed by atoms with E-state index in [1.807, 2.05) is 0 Å². The highest BCUT2D eigenvalue weighted by molar-refractivity contribution is 7.92. The van der Waals surface area contributed by atoms with Gasteiger partial charge in [-0.1, -0.05) is 12.1 Å². The van der Waals surface area contributed by atoms with E-state index in [4.69, 9.17) is 0 Å². The summed E-state index contributed by atoms with van der Waals surface area (Å²) >= 11 is 0. The molecule has 0 heterocycles. The zero-order chi connectivity index (χ0) is 22.5. The molecule has 2 aromatic carbocycles. The number of alkyl halides is 2. The molecule has 0 aliphatic carbocycles. The molecule has 0 fully saturated rings. The van der Waals surface area contributed by atoms with Gasteiger partial charge in [0, 0.05) is 12.6 Å². The quantitative estimate of drug-likeness (QED) is 0.583. The van der Waals surface area contributed by atoms with Crippen molar-refractivity contribution in [2.75, 3.05) is 16.3 Å². The monoisotopic (exact) mass is 441 g/mol. The summed E-state index contributed by atoms with van der Waals surface area (Å²) < 4.78 is 54.7. The van der Waals surface area contributed by atoms with Gasteiger partial charge < -0.3 is 15.4 Å². The topological polar surface area (TPSA) is 114 Å². The summed E-state index contributed by atoms with van der Waals surface area (Å²) in [5.74, 6) is -1.06. The minimum absolute atomic E-state index is 0.0195. The Balaban J connectivity index is 2.30. The van der Waals surface area contributed by atoms with E-state index >= 15 is 0 Å². The maximum Gasteiger partial charge on any atom is 0.387 e. The average Bonchev–Trinajstić information content (AvgIpc) is 2.61. The number of ether oxygens (including phenoxy) is 1. The summed E-state index contributed by atoms with van der Waals surface area (Å²) in [5, 5.41) is 5.19. The van der Waals surface area contributed by atoms with E-state index in [1.54, 1.807) is 13.0 Å². The molecular weight excluding hydrogens is 420 g/mol. The first-order chi connectivity index (χ1) is 13.9. The van der Waals surface area contributed by atoms with Crippen LogP contribution in [0.25, 0.3) is 0 Å². The molecule has 30 heavy (non-hydrogen) atoms. The number of hydrogen-bond acceptors (Lipinski definition) is 5. The van der Waals surface area contributed by atoms with Crippen molar-refractivity contribution in [3.8, 4) is 5.75 Å². The Hall–Kier alpha value is -3.21. The molecule has 0 saturated carbocycles. The number of benzene rings is 2. The van der Waals surface area contributed by atoms with Crippen LogP contribution in [0.3, 0.4) is 0 Å². The summed E-state index contributed by atoms with van der Waals surface area (Å²) in [7, 11) is -3.67. The Morgan fingerprint density at radius 3 is 2.40 bits per heavy atom. The molecule has 8 nitrogen and oxygen atoms in total. The van der Waals surface area contributed by atoms with Gasteiger partial charge >= 0.3 is 6.61 Å². The number of carbonyl (C=O) groups is 2. The molecule has 3 N–H and O–H groups in total. The zero-order valence-electron chi connectivity index (χ0n) is 16.4. The average molecular weight is 441 g/mol. The fourth-order valence-electron chi connectivity index (χ4n) is 2.62. The van der Waals surface area contributed by atoms with Crippen molar-refractivity contribution in [2.24, 2.45) is 0 Å². The lowest BCUT2D eigenvalue weighted by Crippen LogP contribution is -2.28. The molecule has 2 rings (SSSR count). The molecular formula is C19H21F2N3O5S. The Morgan fingerprint density at radius 2 is 1.80 bits per heavy atom. The van der Waals surface area contributed by atoms with Crippen LogP contribution < -0.4 is 20.1 Å². The molecule has 2 amide bonds. The maximum atomic E-state index is 12.8. The van der Waals surface area contributed by atoms with Crippen LogP contribution in [-0.4, -0.2) is 33.1 Å². The van der Waals surface area contributed by atoms with Crippen LogP contribution in [0.15, 0.2) is 42.5 Å². The second-order valence-electron chi connectivity index (χ2n) is 6.46. The number of carbonyl (C=O) groups excluding carboxylic acids is 2. The van der Waals surface area contributed by atoms with Crippen LogP contribution in [0.1, 0.15) is 35.8 Å². The minimum atomic E-state index is -3.67. The molecule has 11 heteroatoms. The van der Waals surface area contributed by atoms with Crippen LogP contribution in [0.4, 0.5) is 20.2 Å². The summed E-state index contributed by atoms with van der Waals surface area (Å²) in [4.78, 5) is 24.1.